The average molecular weight is 243 g/mol. The highest BCUT2D eigenvalue weighted by molar-refractivity contribution is 5.55. The number of hydrogen-bond acceptors (Lipinski definition) is 4. The Morgan fingerprint density at radius 2 is 2.11 bits per heavy atom. The molecular weight excluding hydrogens is 226 g/mol. The fraction of sp³-hybridized carbons (Fsp3) is 0.214. The number of rotatable bonds is 4. The number of benzene rings is 1. The van der Waals surface area contributed by atoms with Gasteiger partial charge in [-0.3, -0.25) is 4.98 Å². The molecule has 4 nitrogen and oxygen atoms in total. The molecule has 2 aromatic rings. The van der Waals surface area contributed by atoms with Crippen LogP contribution in [0.25, 0.3) is 0 Å². The Kier molecular flexibility index (Phi) is 3.67. The van der Waals surface area contributed by atoms with Crippen LogP contribution in [0.4, 0.5) is 11.4 Å². The van der Waals surface area contributed by atoms with Crippen LogP contribution in [0.15, 0.2) is 36.5 Å². The highest BCUT2D eigenvalue weighted by Crippen LogP contribution is 2.22. The van der Waals surface area contributed by atoms with Crippen LogP contribution in [0, 0.1) is 6.92 Å². The van der Waals surface area contributed by atoms with Crippen molar-refractivity contribution in [2.24, 2.45) is 0 Å². The molecule has 0 saturated carbocycles. The lowest BCUT2D eigenvalue weighted by atomic mass is 10.2. The summed E-state index contributed by atoms with van der Waals surface area (Å²) < 4.78 is 5.12. The number of anilines is 2. The summed E-state index contributed by atoms with van der Waals surface area (Å²) in [6.07, 6.45) is 1.79. The number of ether oxygens (including phenoxy) is 1. The zero-order valence-corrected chi connectivity index (χ0v) is 10.6. The van der Waals surface area contributed by atoms with Crippen LogP contribution in [0.5, 0.6) is 5.75 Å². The summed E-state index contributed by atoms with van der Waals surface area (Å²) in [5.41, 5.74) is 9.68. The molecule has 0 radical (unpaired) electrons. The second-order valence-corrected chi connectivity index (χ2v) is 4.12. The molecule has 1 heterocycles. The van der Waals surface area contributed by atoms with E-state index in [1.807, 2.05) is 37.3 Å². The number of pyridine rings is 1. The third kappa shape index (κ3) is 2.91. The fourth-order valence-electron chi connectivity index (χ4n) is 1.75. The Bertz CT molecular complexity index is 540. The van der Waals surface area contributed by atoms with E-state index in [-0.39, 0.29) is 0 Å². The SMILES string of the molecule is COc1ccc(CNc2ccnc(C)c2)cc1N. The van der Waals surface area contributed by atoms with Crippen LogP contribution < -0.4 is 15.8 Å². The van der Waals surface area contributed by atoms with Crippen LogP contribution >= 0.6 is 0 Å². The molecular formula is C14H17N3O. The second-order valence-electron chi connectivity index (χ2n) is 4.12. The van der Waals surface area contributed by atoms with E-state index in [1.165, 1.54) is 0 Å². The van der Waals surface area contributed by atoms with E-state index in [2.05, 4.69) is 10.3 Å². The minimum Gasteiger partial charge on any atom is -0.495 e. The molecule has 0 atom stereocenters. The Balaban J connectivity index is 2.04. The number of aromatic nitrogens is 1. The van der Waals surface area contributed by atoms with Gasteiger partial charge in [-0.1, -0.05) is 6.07 Å². The van der Waals surface area contributed by atoms with Crippen molar-refractivity contribution in [2.45, 2.75) is 13.5 Å². The number of nitrogens with one attached hydrogen (secondary N) is 1. The maximum Gasteiger partial charge on any atom is 0.141 e. The van der Waals surface area contributed by atoms with Crippen molar-refractivity contribution in [3.8, 4) is 5.75 Å². The number of nitrogens with two attached hydrogens (primary N) is 1. The molecule has 0 fully saturated rings. The van der Waals surface area contributed by atoms with Crippen LogP contribution in [-0.4, -0.2) is 12.1 Å². The summed E-state index contributed by atoms with van der Waals surface area (Å²) >= 11 is 0. The molecule has 1 aromatic heterocycles. The molecule has 1 aromatic carbocycles. The minimum atomic E-state index is 0.655. The molecule has 0 aliphatic carbocycles. The first-order valence-corrected chi connectivity index (χ1v) is 5.78. The van der Waals surface area contributed by atoms with E-state index in [1.54, 1.807) is 13.3 Å². The molecule has 0 saturated heterocycles. The van der Waals surface area contributed by atoms with Crippen LogP contribution in [-0.2, 0) is 6.54 Å². The van der Waals surface area contributed by atoms with E-state index in [4.69, 9.17) is 10.5 Å². The lowest BCUT2D eigenvalue weighted by molar-refractivity contribution is 0.417. The van der Waals surface area contributed by atoms with Crippen molar-refractivity contribution in [1.29, 1.82) is 0 Å². The van der Waals surface area contributed by atoms with Gasteiger partial charge in [0.05, 0.1) is 12.8 Å². The molecule has 94 valence electrons. The first-order valence-electron chi connectivity index (χ1n) is 5.78. The van der Waals surface area contributed by atoms with E-state index >= 15 is 0 Å². The van der Waals surface area contributed by atoms with Crippen molar-refractivity contribution in [1.82, 2.24) is 4.98 Å². The lowest BCUT2D eigenvalue weighted by Crippen LogP contribution is -2.01. The van der Waals surface area contributed by atoms with Gasteiger partial charge >= 0.3 is 0 Å². The lowest BCUT2D eigenvalue weighted by Gasteiger charge is -2.09. The molecule has 0 aliphatic rings. The van der Waals surface area contributed by atoms with Gasteiger partial charge in [-0.2, -0.15) is 0 Å². The van der Waals surface area contributed by atoms with Gasteiger partial charge in [-0.05, 0) is 36.8 Å². The number of hydrogen-bond donors (Lipinski definition) is 2. The largest absolute Gasteiger partial charge is 0.495 e. The summed E-state index contributed by atoms with van der Waals surface area (Å²) in [6, 6.07) is 9.74. The fourth-order valence-corrected chi connectivity index (χ4v) is 1.75. The summed E-state index contributed by atoms with van der Waals surface area (Å²) in [4.78, 5) is 4.16. The van der Waals surface area contributed by atoms with Crippen molar-refractivity contribution in [3.05, 3.63) is 47.8 Å². The van der Waals surface area contributed by atoms with Gasteiger partial charge < -0.3 is 15.8 Å². The van der Waals surface area contributed by atoms with Crippen LogP contribution in [0.2, 0.25) is 0 Å². The van der Waals surface area contributed by atoms with Gasteiger partial charge in [-0.25, -0.2) is 0 Å². The van der Waals surface area contributed by atoms with Crippen LogP contribution in [0.1, 0.15) is 11.3 Å². The Hall–Kier alpha value is -2.23. The molecule has 4 heteroatoms. The van der Waals surface area contributed by atoms with E-state index in [0.29, 0.717) is 11.4 Å². The quantitative estimate of drug-likeness (QED) is 0.810. The standard InChI is InChI=1S/C14H17N3O/c1-10-7-12(5-6-16-10)17-9-11-3-4-14(18-2)13(15)8-11/h3-8H,9,15H2,1-2H3,(H,16,17). The number of nitrogens with zero attached hydrogens (tertiary/aromatic N) is 1. The highest BCUT2D eigenvalue weighted by Gasteiger charge is 2.01. The number of methoxy groups -OCH3 is 1. The number of nitrogen functional groups attached to an aromatic ring is 1. The zero-order valence-electron chi connectivity index (χ0n) is 10.6. The van der Waals surface area contributed by atoms with Gasteiger partial charge in [0.25, 0.3) is 0 Å². The van der Waals surface area contributed by atoms with Gasteiger partial charge in [0, 0.05) is 24.1 Å². The molecule has 0 bridgehead atoms. The van der Waals surface area contributed by atoms with E-state index in [0.717, 1.165) is 23.5 Å². The Labute approximate surface area is 107 Å². The molecule has 3 N–H and O–H groups in total. The minimum absolute atomic E-state index is 0.655. The molecule has 2 rings (SSSR count). The van der Waals surface area contributed by atoms with Gasteiger partial charge in [0.1, 0.15) is 5.75 Å². The van der Waals surface area contributed by atoms with Crippen molar-refractivity contribution < 1.29 is 4.74 Å². The number of aryl methyl sites for hydroxylation is 1. The van der Waals surface area contributed by atoms with Gasteiger partial charge in [0.15, 0.2) is 0 Å². The van der Waals surface area contributed by atoms with Gasteiger partial charge in [0.2, 0.25) is 0 Å². The predicted octanol–water partition coefficient (Wildman–Crippen LogP) is 2.59. The topological polar surface area (TPSA) is 60.2 Å². The maximum absolute atomic E-state index is 5.86. The maximum atomic E-state index is 5.86. The third-order valence-corrected chi connectivity index (χ3v) is 2.69. The van der Waals surface area contributed by atoms with Crippen molar-refractivity contribution >= 4 is 11.4 Å². The second kappa shape index (κ2) is 5.40. The average Bonchev–Trinajstić information content (AvgIpc) is 2.37. The highest BCUT2D eigenvalue weighted by atomic mass is 16.5. The normalized spacial score (nSPS) is 10.1. The summed E-state index contributed by atoms with van der Waals surface area (Å²) in [6.45, 7) is 2.69. The molecule has 0 amide bonds. The Morgan fingerprint density at radius 1 is 1.28 bits per heavy atom. The molecule has 18 heavy (non-hydrogen) atoms. The first kappa shape index (κ1) is 12.2. The van der Waals surface area contributed by atoms with E-state index in [9.17, 15) is 0 Å². The smallest absolute Gasteiger partial charge is 0.141 e. The van der Waals surface area contributed by atoms with E-state index < -0.39 is 0 Å². The molecule has 0 spiro atoms. The zero-order chi connectivity index (χ0) is 13.0. The summed E-state index contributed by atoms with van der Waals surface area (Å²) in [7, 11) is 1.61. The molecule has 0 unspecified atom stereocenters. The van der Waals surface area contributed by atoms with Crippen molar-refractivity contribution in [2.75, 3.05) is 18.2 Å². The van der Waals surface area contributed by atoms with Gasteiger partial charge in [-0.15, -0.1) is 0 Å². The van der Waals surface area contributed by atoms with Crippen LogP contribution in [0.3, 0.4) is 0 Å². The Morgan fingerprint density at radius 3 is 2.78 bits per heavy atom. The summed E-state index contributed by atoms with van der Waals surface area (Å²) in [5, 5.41) is 3.33. The first-order chi connectivity index (χ1) is 8.69. The third-order valence-electron chi connectivity index (χ3n) is 2.69. The van der Waals surface area contributed by atoms with Crippen molar-refractivity contribution in [3.63, 3.8) is 0 Å². The predicted molar refractivity (Wildman–Crippen MR) is 73.7 cm³/mol. The monoisotopic (exact) mass is 243 g/mol. The summed E-state index contributed by atoms with van der Waals surface area (Å²) in [5.74, 6) is 0.707. The molecule has 0 aliphatic heterocycles.